The zero-order valence-corrected chi connectivity index (χ0v) is 12.3. The van der Waals surface area contributed by atoms with E-state index in [1.165, 1.54) is 31.2 Å². The molecule has 0 N–H and O–H groups in total. The summed E-state index contributed by atoms with van der Waals surface area (Å²) in [5.41, 5.74) is 0.836. The third kappa shape index (κ3) is 4.38. The Kier molecular flexibility index (Phi) is 6.20. The van der Waals surface area contributed by atoms with Gasteiger partial charge in [-0.3, -0.25) is 19.7 Å². The van der Waals surface area contributed by atoms with Crippen LogP contribution in [0.15, 0.2) is 24.3 Å². The molecule has 0 saturated heterocycles. The van der Waals surface area contributed by atoms with Gasteiger partial charge in [-0.1, -0.05) is 12.1 Å². The molecule has 0 aromatic heterocycles. The summed E-state index contributed by atoms with van der Waals surface area (Å²) in [5, 5.41) is 19.7. The van der Waals surface area contributed by atoms with Gasteiger partial charge in [0.1, 0.15) is 11.7 Å². The van der Waals surface area contributed by atoms with Crippen LogP contribution in [0.3, 0.4) is 0 Å². The fourth-order valence-corrected chi connectivity index (χ4v) is 2.21. The van der Waals surface area contributed by atoms with Crippen LogP contribution in [0.5, 0.6) is 0 Å². The molecule has 0 aliphatic rings. The van der Waals surface area contributed by atoms with Crippen LogP contribution >= 0.6 is 0 Å². The first-order valence-electron chi connectivity index (χ1n) is 6.69. The summed E-state index contributed by atoms with van der Waals surface area (Å²) < 4.78 is 4.86. The highest BCUT2D eigenvalue weighted by Crippen LogP contribution is 2.27. The zero-order valence-electron chi connectivity index (χ0n) is 12.3. The monoisotopic (exact) mass is 304 g/mol. The van der Waals surface area contributed by atoms with Crippen molar-refractivity contribution in [3.05, 3.63) is 45.5 Å². The number of nitro groups is 1. The second-order valence-electron chi connectivity index (χ2n) is 4.70. The molecule has 22 heavy (non-hydrogen) atoms. The van der Waals surface area contributed by atoms with Gasteiger partial charge in [-0.25, -0.2) is 0 Å². The summed E-state index contributed by atoms with van der Waals surface area (Å²) in [6, 6.07) is 7.95. The Hall–Kier alpha value is -2.75. The van der Waals surface area contributed by atoms with Gasteiger partial charge in [-0.05, 0) is 31.5 Å². The number of Topliss-reactive ketones (excluding diaryl/α,β-unsaturated/α-hetero) is 1. The Labute approximate surface area is 127 Å². The van der Waals surface area contributed by atoms with E-state index in [4.69, 9.17) is 10.00 Å². The van der Waals surface area contributed by atoms with E-state index < -0.39 is 35.1 Å². The minimum Gasteiger partial charge on any atom is -0.465 e. The fourth-order valence-electron chi connectivity index (χ4n) is 2.21. The van der Waals surface area contributed by atoms with Gasteiger partial charge in [-0.15, -0.1) is 0 Å². The number of benzene rings is 1. The molecule has 0 saturated carbocycles. The Bertz CT molecular complexity index is 603. The SMILES string of the molecule is CCOC(=O)C(C(C)=O)C(C[N+](=O)[O-])c1ccc(C#N)cc1. The molecule has 0 heterocycles. The number of ether oxygens (including phenoxy) is 1. The van der Waals surface area contributed by atoms with Crippen LogP contribution in [0.25, 0.3) is 0 Å². The van der Waals surface area contributed by atoms with Crippen LogP contribution in [-0.4, -0.2) is 29.8 Å². The number of rotatable bonds is 7. The number of nitrogens with zero attached hydrogens (tertiary/aromatic N) is 2. The highest BCUT2D eigenvalue weighted by atomic mass is 16.6. The maximum absolute atomic E-state index is 12.0. The van der Waals surface area contributed by atoms with E-state index in [9.17, 15) is 19.7 Å². The van der Waals surface area contributed by atoms with Crippen LogP contribution in [0, 0.1) is 27.4 Å². The number of hydrogen-bond acceptors (Lipinski definition) is 6. The number of hydrogen-bond donors (Lipinski definition) is 0. The number of ketones is 1. The molecule has 2 atom stereocenters. The lowest BCUT2D eigenvalue weighted by Gasteiger charge is -2.21. The van der Waals surface area contributed by atoms with Crippen LogP contribution in [0.4, 0.5) is 0 Å². The molecule has 0 aliphatic carbocycles. The molecule has 7 nitrogen and oxygen atoms in total. The van der Waals surface area contributed by atoms with Crippen molar-refractivity contribution in [2.24, 2.45) is 5.92 Å². The smallest absolute Gasteiger partial charge is 0.317 e. The minimum absolute atomic E-state index is 0.0845. The molecule has 0 bridgehead atoms. The predicted molar refractivity (Wildman–Crippen MR) is 76.6 cm³/mol. The lowest BCUT2D eigenvalue weighted by molar-refractivity contribution is -0.484. The van der Waals surface area contributed by atoms with Crippen molar-refractivity contribution in [2.75, 3.05) is 13.2 Å². The minimum atomic E-state index is -1.24. The standard InChI is InChI=1S/C15H16N2O5/c1-3-22-15(19)14(10(2)18)13(9-17(20)21)12-6-4-11(8-16)5-7-12/h4-7,13-14H,3,9H2,1-2H3. The quantitative estimate of drug-likeness (QED) is 0.328. The number of carbonyl (C=O) groups is 2. The highest BCUT2D eigenvalue weighted by molar-refractivity contribution is 5.98. The van der Waals surface area contributed by atoms with Gasteiger partial charge in [0.25, 0.3) is 0 Å². The molecule has 1 aromatic rings. The van der Waals surface area contributed by atoms with Crippen molar-refractivity contribution in [1.82, 2.24) is 0 Å². The Balaban J connectivity index is 3.23. The lowest BCUT2D eigenvalue weighted by Crippen LogP contribution is -2.34. The average molecular weight is 304 g/mol. The molecule has 1 aromatic carbocycles. The van der Waals surface area contributed by atoms with Gasteiger partial charge in [0.15, 0.2) is 0 Å². The van der Waals surface area contributed by atoms with E-state index >= 15 is 0 Å². The molecule has 0 amide bonds. The van der Waals surface area contributed by atoms with Gasteiger partial charge in [0.05, 0.1) is 24.2 Å². The first-order valence-corrected chi connectivity index (χ1v) is 6.69. The van der Waals surface area contributed by atoms with Crippen molar-refractivity contribution >= 4 is 11.8 Å². The van der Waals surface area contributed by atoms with Gasteiger partial charge in [0, 0.05) is 4.92 Å². The maximum Gasteiger partial charge on any atom is 0.317 e. The van der Waals surface area contributed by atoms with E-state index in [-0.39, 0.29) is 6.61 Å². The van der Waals surface area contributed by atoms with E-state index in [0.29, 0.717) is 11.1 Å². The summed E-state index contributed by atoms with van der Waals surface area (Å²) >= 11 is 0. The topological polar surface area (TPSA) is 110 Å². The molecule has 116 valence electrons. The second-order valence-corrected chi connectivity index (χ2v) is 4.70. The highest BCUT2D eigenvalue weighted by Gasteiger charge is 2.37. The summed E-state index contributed by atoms with van der Waals surface area (Å²) in [6.07, 6.45) is 0. The van der Waals surface area contributed by atoms with Crippen molar-refractivity contribution in [1.29, 1.82) is 5.26 Å². The number of esters is 1. The van der Waals surface area contributed by atoms with Crippen LogP contribution in [0.2, 0.25) is 0 Å². The van der Waals surface area contributed by atoms with Crippen molar-refractivity contribution in [2.45, 2.75) is 19.8 Å². The largest absolute Gasteiger partial charge is 0.465 e. The normalized spacial score (nSPS) is 12.8. The molecule has 7 heteroatoms. The number of carbonyl (C=O) groups excluding carboxylic acids is 2. The molecule has 0 aliphatic heterocycles. The molecule has 2 unspecified atom stereocenters. The summed E-state index contributed by atoms with van der Waals surface area (Å²) in [6.45, 7) is 2.31. The first-order chi connectivity index (χ1) is 10.4. The summed E-state index contributed by atoms with van der Waals surface area (Å²) in [7, 11) is 0. The van der Waals surface area contributed by atoms with Crippen molar-refractivity contribution in [3.63, 3.8) is 0 Å². The fraction of sp³-hybridized carbons (Fsp3) is 0.400. The predicted octanol–water partition coefficient (Wildman–Crippen LogP) is 1.69. The maximum atomic E-state index is 12.0. The molecule has 0 radical (unpaired) electrons. The van der Waals surface area contributed by atoms with Crippen LogP contribution < -0.4 is 0 Å². The Morgan fingerprint density at radius 1 is 1.36 bits per heavy atom. The summed E-state index contributed by atoms with van der Waals surface area (Å²) in [4.78, 5) is 34.1. The van der Waals surface area contributed by atoms with Gasteiger partial charge in [-0.2, -0.15) is 5.26 Å². The molecular weight excluding hydrogens is 288 g/mol. The average Bonchev–Trinajstić information content (AvgIpc) is 2.46. The van der Waals surface area contributed by atoms with E-state index in [1.807, 2.05) is 6.07 Å². The van der Waals surface area contributed by atoms with Crippen LogP contribution in [-0.2, 0) is 14.3 Å². The van der Waals surface area contributed by atoms with Gasteiger partial charge in [0.2, 0.25) is 6.54 Å². The van der Waals surface area contributed by atoms with Gasteiger partial charge < -0.3 is 4.74 Å². The lowest BCUT2D eigenvalue weighted by atomic mass is 9.83. The van der Waals surface area contributed by atoms with Crippen molar-refractivity contribution in [3.8, 4) is 6.07 Å². The zero-order chi connectivity index (χ0) is 16.7. The second kappa shape index (κ2) is 7.88. The first kappa shape index (κ1) is 17.3. The van der Waals surface area contributed by atoms with Crippen LogP contribution in [0.1, 0.15) is 30.9 Å². The molecule has 0 fully saturated rings. The third-order valence-electron chi connectivity index (χ3n) is 3.19. The number of nitriles is 1. The molecular formula is C15H16N2O5. The Morgan fingerprint density at radius 2 is 1.95 bits per heavy atom. The van der Waals surface area contributed by atoms with E-state index in [1.54, 1.807) is 6.92 Å². The van der Waals surface area contributed by atoms with E-state index in [2.05, 4.69) is 0 Å². The third-order valence-corrected chi connectivity index (χ3v) is 3.19. The van der Waals surface area contributed by atoms with Gasteiger partial charge >= 0.3 is 5.97 Å². The Morgan fingerprint density at radius 3 is 2.36 bits per heavy atom. The molecule has 0 spiro atoms. The summed E-state index contributed by atoms with van der Waals surface area (Å²) in [5.74, 6) is -3.43. The van der Waals surface area contributed by atoms with Crippen molar-refractivity contribution < 1.29 is 19.2 Å². The molecule has 1 rings (SSSR count). The van der Waals surface area contributed by atoms with E-state index in [0.717, 1.165) is 0 Å².